The molecule has 0 aliphatic heterocycles. The van der Waals surface area contributed by atoms with Gasteiger partial charge >= 0.3 is 6.18 Å². The molecule has 2 aromatic carbocycles. The molecule has 37 heavy (non-hydrogen) atoms. The Morgan fingerprint density at radius 3 is 1.73 bits per heavy atom. The van der Waals surface area contributed by atoms with E-state index in [0.717, 1.165) is 37.5 Å². The van der Waals surface area contributed by atoms with Gasteiger partial charge in [0.2, 0.25) is 0 Å². The Bertz CT molecular complexity index is 1060. The zero-order valence-corrected chi connectivity index (χ0v) is 21.0. The van der Waals surface area contributed by atoms with Crippen LogP contribution in [-0.4, -0.2) is 6.18 Å². The molecule has 0 spiro atoms. The minimum atomic E-state index is -4.75. The van der Waals surface area contributed by atoms with E-state index in [4.69, 9.17) is 0 Å². The Morgan fingerprint density at radius 2 is 1.24 bits per heavy atom. The lowest BCUT2D eigenvalue weighted by molar-refractivity contribution is -0.0790. The van der Waals surface area contributed by atoms with Gasteiger partial charge in [-0.2, -0.15) is 13.2 Å². The molecule has 0 amide bonds. The number of benzene rings is 2. The molecule has 0 unspecified atom stereocenters. The summed E-state index contributed by atoms with van der Waals surface area (Å²) in [5.41, 5.74) is -1.38. The first kappa shape index (κ1) is 27.7. The van der Waals surface area contributed by atoms with E-state index in [9.17, 15) is 22.0 Å². The van der Waals surface area contributed by atoms with Gasteiger partial charge in [0.1, 0.15) is 23.3 Å². The van der Waals surface area contributed by atoms with Gasteiger partial charge in [-0.05, 0) is 104 Å². The predicted molar refractivity (Wildman–Crippen MR) is 132 cm³/mol. The Kier molecular flexibility index (Phi) is 8.70. The third-order valence-corrected chi connectivity index (χ3v) is 8.37. The second-order valence-electron chi connectivity index (χ2n) is 10.8. The number of alkyl halides is 3. The fourth-order valence-corrected chi connectivity index (χ4v) is 6.45. The van der Waals surface area contributed by atoms with E-state index in [1.807, 2.05) is 0 Å². The number of rotatable bonds is 6. The average molecular weight is 527 g/mol. The van der Waals surface area contributed by atoms with Gasteiger partial charge in [-0.3, -0.25) is 0 Å². The van der Waals surface area contributed by atoms with E-state index >= 15 is 8.78 Å². The van der Waals surface area contributed by atoms with Gasteiger partial charge in [0.05, 0.1) is 5.56 Å². The molecule has 2 fully saturated rings. The first-order chi connectivity index (χ1) is 17.6. The fraction of sp³-hybridized carbons (Fsp3) is 0.533. The molecule has 0 bridgehead atoms. The summed E-state index contributed by atoms with van der Waals surface area (Å²) < 4.78 is 95.9. The maximum atomic E-state index is 15.0. The Hall–Kier alpha value is -2.31. The van der Waals surface area contributed by atoms with Gasteiger partial charge in [0.15, 0.2) is 0 Å². The maximum absolute atomic E-state index is 15.0. The molecule has 7 heteroatoms. The summed E-state index contributed by atoms with van der Waals surface area (Å²) in [6.07, 6.45) is 6.67. The van der Waals surface area contributed by atoms with Gasteiger partial charge in [-0.25, -0.2) is 17.6 Å². The van der Waals surface area contributed by atoms with E-state index < -0.39 is 46.1 Å². The van der Waals surface area contributed by atoms with Crippen molar-refractivity contribution in [2.75, 3.05) is 0 Å². The van der Waals surface area contributed by atoms with Crippen molar-refractivity contribution in [2.45, 2.75) is 83.2 Å². The van der Waals surface area contributed by atoms with Crippen LogP contribution in [0.1, 0.15) is 88.2 Å². The molecule has 0 atom stereocenters. The van der Waals surface area contributed by atoms with Crippen molar-refractivity contribution >= 4 is 6.08 Å². The Balaban J connectivity index is 1.45. The molecule has 2 saturated carbocycles. The fourth-order valence-electron chi connectivity index (χ4n) is 6.45. The van der Waals surface area contributed by atoms with Crippen LogP contribution >= 0.6 is 0 Å². The summed E-state index contributed by atoms with van der Waals surface area (Å²) in [4.78, 5) is 0. The lowest BCUT2D eigenvalue weighted by atomic mass is 9.68. The van der Waals surface area contributed by atoms with Crippen molar-refractivity contribution in [3.8, 4) is 11.1 Å². The van der Waals surface area contributed by atoms with Gasteiger partial charge in [0, 0.05) is 11.6 Å². The summed E-state index contributed by atoms with van der Waals surface area (Å²) in [7, 11) is 0. The summed E-state index contributed by atoms with van der Waals surface area (Å²) in [5, 5.41) is 0. The SMILES string of the molecule is CCCC1CCC(C2CCC(c3cc(F)c(-c4cc(F)c(/C=C/C(F)(F)F)c(F)c4)c(F)c3)CC2)CC1. The van der Waals surface area contributed by atoms with E-state index in [2.05, 4.69) is 6.92 Å². The van der Waals surface area contributed by atoms with Gasteiger partial charge < -0.3 is 0 Å². The zero-order chi connectivity index (χ0) is 26.7. The minimum absolute atomic E-state index is 0.0223. The van der Waals surface area contributed by atoms with Crippen LogP contribution in [0.3, 0.4) is 0 Å². The topological polar surface area (TPSA) is 0 Å². The van der Waals surface area contributed by atoms with Crippen molar-refractivity contribution in [3.63, 3.8) is 0 Å². The smallest absolute Gasteiger partial charge is 0.206 e. The minimum Gasteiger partial charge on any atom is -0.206 e. The Labute approximate surface area is 214 Å². The number of allylic oxidation sites excluding steroid dienone is 1. The summed E-state index contributed by atoms with van der Waals surface area (Å²) in [6.45, 7) is 2.23. The Morgan fingerprint density at radius 1 is 0.730 bits per heavy atom. The molecule has 4 rings (SSSR count). The van der Waals surface area contributed by atoms with E-state index in [-0.39, 0.29) is 18.1 Å². The largest absolute Gasteiger partial charge is 0.409 e. The first-order valence-corrected chi connectivity index (χ1v) is 13.3. The van der Waals surface area contributed by atoms with Gasteiger partial charge in [-0.1, -0.05) is 32.6 Å². The monoisotopic (exact) mass is 526 g/mol. The van der Waals surface area contributed by atoms with Crippen LogP contribution in [0.4, 0.5) is 30.7 Å². The van der Waals surface area contributed by atoms with Crippen molar-refractivity contribution in [1.82, 2.24) is 0 Å². The van der Waals surface area contributed by atoms with E-state index in [0.29, 0.717) is 23.6 Å². The van der Waals surface area contributed by atoms with Crippen LogP contribution in [0.25, 0.3) is 17.2 Å². The molecular formula is C30H33F7. The highest BCUT2D eigenvalue weighted by Crippen LogP contribution is 2.45. The van der Waals surface area contributed by atoms with Crippen LogP contribution < -0.4 is 0 Å². The molecular weight excluding hydrogens is 493 g/mol. The van der Waals surface area contributed by atoms with Crippen molar-refractivity contribution < 1.29 is 30.7 Å². The van der Waals surface area contributed by atoms with Crippen molar-refractivity contribution in [2.24, 2.45) is 17.8 Å². The zero-order valence-electron chi connectivity index (χ0n) is 21.0. The molecule has 0 radical (unpaired) electrons. The predicted octanol–water partition coefficient (Wildman–Crippen LogP) is 10.4. The van der Waals surface area contributed by atoms with Crippen LogP contribution in [0, 0.1) is 41.0 Å². The molecule has 0 N–H and O–H groups in total. The molecule has 2 aliphatic carbocycles. The molecule has 0 heterocycles. The third-order valence-electron chi connectivity index (χ3n) is 8.37. The molecule has 2 aliphatic rings. The van der Waals surface area contributed by atoms with Gasteiger partial charge in [-0.15, -0.1) is 0 Å². The normalized spacial score (nSPS) is 25.1. The summed E-state index contributed by atoms with van der Waals surface area (Å²) in [6, 6.07) is 3.76. The quantitative estimate of drug-likeness (QED) is 0.329. The highest BCUT2D eigenvalue weighted by molar-refractivity contribution is 5.68. The summed E-state index contributed by atoms with van der Waals surface area (Å²) in [5.74, 6) is -2.27. The van der Waals surface area contributed by atoms with Gasteiger partial charge in [0.25, 0.3) is 0 Å². The first-order valence-electron chi connectivity index (χ1n) is 13.3. The highest BCUT2D eigenvalue weighted by Gasteiger charge is 2.32. The van der Waals surface area contributed by atoms with Crippen LogP contribution in [0.5, 0.6) is 0 Å². The molecule has 202 valence electrons. The number of hydrogen-bond donors (Lipinski definition) is 0. The molecule has 0 saturated heterocycles. The second kappa shape index (κ2) is 11.6. The lowest BCUT2D eigenvalue weighted by Crippen LogP contribution is -2.25. The maximum Gasteiger partial charge on any atom is 0.409 e. The van der Waals surface area contributed by atoms with E-state index in [1.54, 1.807) is 0 Å². The van der Waals surface area contributed by atoms with Crippen LogP contribution in [-0.2, 0) is 0 Å². The average Bonchev–Trinajstić information content (AvgIpc) is 2.83. The third kappa shape index (κ3) is 6.77. The van der Waals surface area contributed by atoms with E-state index in [1.165, 1.54) is 50.7 Å². The molecule has 2 aromatic rings. The second-order valence-corrected chi connectivity index (χ2v) is 10.8. The number of halogens is 7. The van der Waals surface area contributed by atoms with Crippen LogP contribution in [0.15, 0.2) is 30.3 Å². The van der Waals surface area contributed by atoms with Crippen molar-refractivity contribution in [3.05, 3.63) is 64.7 Å². The number of hydrogen-bond acceptors (Lipinski definition) is 0. The van der Waals surface area contributed by atoms with Crippen molar-refractivity contribution in [1.29, 1.82) is 0 Å². The highest BCUT2D eigenvalue weighted by atomic mass is 19.4. The summed E-state index contributed by atoms with van der Waals surface area (Å²) >= 11 is 0. The standard InChI is InChI=1S/C30H33F7/c1-2-3-18-4-6-19(7-5-18)20-8-10-21(11-9-20)22-14-27(33)29(28(34)15-22)23-16-25(31)24(26(32)17-23)12-13-30(35,36)37/h12-21H,2-11H2,1H3/b13-12+. The lowest BCUT2D eigenvalue weighted by Gasteiger charge is -2.38. The van der Waals surface area contributed by atoms with Crippen LogP contribution in [0.2, 0.25) is 0 Å². The molecule has 0 aromatic heterocycles. The molecule has 0 nitrogen and oxygen atoms in total.